The highest BCUT2D eigenvalue weighted by Gasteiger charge is 2.28. The number of hydrogen-bond donors (Lipinski definition) is 1. The molecular weight excluding hydrogens is 239 g/mol. The van der Waals surface area contributed by atoms with E-state index in [1.54, 1.807) is 9.38 Å². The summed E-state index contributed by atoms with van der Waals surface area (Å²) in [5.74, 6) is 0. The number of carbonyl (C=O) groups excluding carboxylic acids is 1. The van der Waals surface area contributed by atoms with Crippen LogP contribution in [0, 0.1) is 0 Å². The van der Waals surface area contributed by atoms with Crippen LogP contribution in [0.2, 0.25) is 0 Å². The lowest BCUT2D eigenvalue weighted by molar-refractivity contribution is 0.133. The quantitative estimate of drug-likeness (QED) is 0.605. The Morgan fingerprint density at radius 3 is 3.06 bits per heavy atom. The predicted molar refractivity (Wildman–Crippen MR) is 66.7 cm³/mol. The Balaban J connectivity index is 2.36. The second kappa shape index (κ2) is 5.16. The van der Waals surface area contributed by atoms with Crippen molar-refractivity contribution in [1.82, 2.24) is 9.38 Å². The van der Waals surface area contributed by atoms with Crippen LogP contribution in [0.3, 0.4) is 0 Å². The number of hydrogen-bond acceptors (Lipinski definition) is 5. The molecule has 2 rings (SSSR count). The molecule has 1 aromatic heterocycles. The molecule has 1 radical (unpaired) electrons. The first-order chi connectivity index (χ1) is 8.17. The molecule has 5 nitrogen and oxygen atoms in total. The van der Waals surface area contributed by atoms with Crippen LogP contribution in [0.1, 0.15) is 30.0 Å². The number of aliphatic hydroxyl groups is 1. The van der Waals surface area contributed by atoms with Crippen molar-refractivity contribution >= 4 is 24.9 Å². The molecule has 1 aromatic rings. The third-order valence-corrected chi connectivity index (χ3v) is 3.93. The van der Waals surface area contributed by atoms with E-state index in [4.69, 9.17) is 0 Å². The van der Waals surface area contributed by atoms with Crippen LogP contribution in [0.5, 0.6) is 0 Å². The maximum atomic E-state index is 11.8. The van der Waals surface area contributed by atoms with Crippen LogP contribution < -0.4 is 4.87 Å². The number of fused-ring (bicyclic) bond motifs is 1. The first kappa shape index (κ1) is 12.5. The van der Waals surface area contributed by atoms with Gasteiger partial charge in [0.25, 0.3) is 7.41 Å². The molecule has 0 fully saturated rings. The van der Waals surface area contributed by atoms with Gasteiger partial charge in [0, 0.05) is 19.6 Å². The lowest BCUT2D eigenvalue weighted by Gasteiger charge is -2.29. The Morgan fingerprint density at radius 2 is 2.41 bits per heavy atom. The van der Waals surface area contributed by atoms with Gasteiger partial charge in [-0.2, -0.15) is 0 Å². The molecule has 17 heavy (non-hydrogen) atoms. The van der Waals surface area contributed by atoms with Crippen LogP contribution in [0.4, 0.5) is 0 Å². The zero-order valence-electron chi connectivity index (χ0n) is 9.63. The summed E-state index contributed by atoms with van der Waals surface area (Å²) >= 11 is 1.11. The third-order valence-electron chi connectivity index (χ3n) is 2.81. The standard InChI is InChI=1S/C10H14BN2O3S/c1-2-3-13-7-4-12(11-6-14)5-8(15)9(7)17-10(13)16/h6,8,15H,2-5H2,1H3. The summed E-state index contributed by atoms with van der Waals surface area (Å²) in [4.78, 5) is 24.7. The minimum absolute atomic E-state index is 0.0242. The monoisotopic (exact) mass is 253 g/mol. The summed E-state index contributed by atoms with van der Waals surface area (Å²) in [5, 5.41) is 9.94. The van der Waals surface area contributed by atoms with E-state index in [9.17, 15) is 14.7 Å². The number of rotatable bonds is 4. The molecule has 2 heterocycles. The van der Waals surface area contributed by atoms with E-state index in [0.717, 1.165) is 28.3 Å². The maximum Gasteiger partial charge on any atom is 0.307 e. The summed E-state index contributed by atoms with van der Waals surface area (Å²) < 4.78 is 1.70. The van der Waals surface area contributed by atoms with Crippen LogP contribution >= 0.6 is 11.3 Å². The molecule has 91 valence electrons. The van der Waals surface area contributed by atoms with Crippen molar-refractivity contribution in [2.24, 2.45) is 0 Å². The number of nitrogens with zero attached hydrogens (tertiary/aromatic N) is 2. The highest BCUT2D eigenvalue weighted by molar-refractivity contribution is 7.09. The molecule has 0 aliphatic carbocycles. The first-order valence-electron chi connectivity index (χ1n) is 5.60. The topological polar surface area (TPSA) is 62.5 Å². The van der Waals surface area contributed by atoms with Crippen molar-refractivity contribution in [1.29, 1.82) is 0 Å². The molecule has 7 heteroatoms. The fraction of sp³-hybridized carbons (Fsp3) is 0.600. The van der Waals surface area contributed by atoms with Crippen molar-refractivity contribution < 1.29 is 9.90 Å². The van der Waals surface area contributed by atoms with Crippen molar-refractivity contribution in [3.8, 4) is 0 Å². The molecule has 1 aliphatic heterocycles. The van der Waals surface area contributed by atoms with Gasteiger partial charge >= 0.3 is 4.87 Å². The predicted octanol–water partition coefficient (Wildman–Crippen LogP) is -0.0218. The van der Waals surface area contributed by atoms with Crippen molar-refractivity contribution in [3.05, 3.63) is 20.2 Å². The number of aromatic nitrogens is 1. The number of β-amino-alcohol motifs (C(OH)–C–C–N with tert-alkyl or cyclic N) is 1. The molecule has 1 aliphatic rings. The lowest BCUT2D eigenvalue weighted by atomic mass is 9.91. The zero-order chi connectivity index (χ0) is 12.4. The Hall–Kier alpha value is -0.915. The largest absolute Gasteiger partial charge is 0.386 e. The van der Waals surface area contributed by atoms with Gasteiger partial charge in [-0.05, 0) is 6.42 Å². The van der Waals surface area contributed by atoms with Gasteiger partial charge in [-0.25, -0.2) is 0 Å². The van der Waals surface area contributed by atoms with Gasteiger partial charge in [0.05, 0.1) is 16.8 Å². The highest BCUT2D eigenvalue weighted by atomic mass is 32.1. The van der Waals surface area contributed by atoms with E-state index < -0.39 is 6.10 Å². The second-order valence-electron chi connectivity index (χ2n) is 4.06. The zero-order valence-corrected chi connectivity index (χ0v) is 10.4. The van der Waals surface area contributed by atoms with E-state index >= 15 is 0 Å². The van der Waals surface area contributed by atoms with Crippen LogP contribution in [0.25, 0.3) is 0 Å². The number of carbonyl (C=O) groups is 1. The van der Waals surface area contributed by atoms with Crippen molar-refractivity contribution in [3.63, 3.8) is 0 Å². The fourth-order valence-corrected chi connectivity index (χ4v) is 3.09. The Morgan fingerprint density at radius 1 is 1.65 bits per heavy atom. The average molecular weight is 253 g/mol. The molecule has 1 N–H and O–H groups in total. The maximum absolute atomic E-state index is 11.8. The molecule has 0 aromatic carbocycles. The number of thiazole rings is 1. The molecule has 0 saturated heterocycles. The summed E-state index contributed by atoms with van der Waals surface area (Å²) in [6.45, 7) is 3.55. The summed E-state index contributed by atoms with van der Waals surface area (Å²) in [6, 6.07) is 0. The molecule has 0 amide bonds. The molecule has 0 saturated carbocycles. The van der Waals surface area contributed by atoms with Gasteiger partial charge in [-0.15, -0.1) is 0 Å². The molecule has 1 unspecified atom stereocenters. The average Bonchev–Trinajstić information content (AvgIpc) is 2.59. The van der Waals surface area contributed by atoms with Gasteiger partial charge < -0.3 is 19.3 Å². The van der Waals surface area contributed by atoms with Gasteiger partial charge in [-0.3, -0.25) is 4.79 Å². The van der Waals surface area contributed by atoms with Crippen LogP contribution in [-0.4, -0.2) is 34.6 Å². The molecule has 0 spiro atoms. The summed E-state index contributed by atoms with van der Waals surface area (Å²) in [7, 11) is 1.41. The molecule has 1 atom stereocenters. The highest BCUT2D eigenvalue weighted by Crippen LogP contribution is 2.28. The smallest absolute Gasteiger partial charge is 0.307 e. The van der Waals surface area contributed by atoms with Crippen molar-refractivity contribution in [2.75, 3.05) is 6.54 Å². The SMILES string of the molecule is CCCn1c2c(sc1=O)C(O)CN([B]C=O)C2. The Labute approximate surface area is 104 Å². The summed E-state index contributed by atoms with van der Waals surface area (Å²) in [6.07, 6.45) is 0.897. The fourth-order valence-electron chi connectivity index (χ4n) is 2.09. The van der Waals surface area contributed by atoms with E-state index in [1.165, 1.54) is 7.41 Å². The van der Waals surface area contributed by atoms with Crippen molar-refractivity contribution in [2.45, 2.75) is 32.5 Å². The van der Waals surface area contributed by atoms with Gasteiger partial charge in [0.1, 0.15) is 6.10 Å². The minimum Gasteiger partial charge on any atom is -0.386 e. The van der Waals surface area contributed by atoms with Crippen LogP contribution in [0.15, 0.2) is 4.79 Å². The summed E-state index contributed by atoms with van der Waals surface area (Å²) in [5.41, 5.74) is 0.846. The van der Waals surface area contributed by atoms with Crippen LogP contribution in [-0.2, 0) is 17.9 Å². The minimum atomic E-state index is -0.675. The molecule has 0 bridgehead atoms. The van der Waals surface area contributed by atoms with E-state index in [0.29, 0.717) is 25.8 Å². The molecular formula is C10H14BN2O3S. The first-order valence-corrected chi connectivity index (χ1v) is 6.42. The Kier molecular flexibility index (Phi) is 3.81. The van der Waals surface area contributed by atoms with Gasteiger partial charge in [0.15, 0.2) is 0 Å². The lowest BCUT2D eigenvalue weighted by Crippen LogP contribution is -2.37. The normalized spacial score (nSPS) is 20.0. The number of aliphatic hydroxyl groups excluding tert-OH is 1. The van der Waals surface area contributed by atoms with Gasteiger partial charge in [-0.1, -0.05) is 18.3 Å². The van der Waals surface area contributed by atoms with E-state index in [2.05, 4.69) is 0 Å². The third kappa shape index (κ3) is 2.36. The Bertz CT molecular complexity index is 471. The van der Waals surface area contributed by atoms with Gasteiger partial charge in [0.2, 0.25) is 0 Å². The van der Waals surface area contributed by atoms with E-state index in [-0.39, 0.29) is 4.87 Å². The second-order valence-corrected chi connectivity index (χ2v) is 5.05. The van der Waals surface area contributed by atoms with E-state index in [1.807, 2.05) is 6.92 Å².